The molecule has 0 amide bonds. The molecule has 0 atom stereocenters. The van der Waals surface area contributed by atoms with Crippen LogP contribution in [0.1, 0.15) is 0 Å². The van der Waals surface area contributed by atoms with Crippen molar-refractivity contribution in [1.29, 1.82) is 0 Å². The zero-order valence-corrected chi connectivity index (χ0v) is 10.1. The maximum absolute atomic E-state index is 4.21. The van der Waals surface area contributed by atoms with E-state index in [4.69, 9.17) is 0 Å². The first-order valence-corrected chi connectivity index (χ1v) is 13.8. The molecule has 1 aromatic heterocycles. The van der Waals surface area contributed by atoms with Crippen molar-refractivity contribution in [2.75, 3.05) is 3.54 Å². The molecule has 0 saturated carbocycles. The Morgan fingerprint density at radius 3 is 2.45 bits per heavy atom. The summed E-state index contributed by atoms with van der Waals surface area (Å²) in [5.74, 6) is 1.02. The van der Waals surface area contributed by atoms with E-state index in [2.05, 4.69) is 23.3 Å². The summed E-state index contributed by atoms with van der Waals surface area (Å²) >= 11 is -1.88. The Morgan fingerprint density at radius 1 is 1.27 bits per heavy atom. The van der Waals surface area contributed by atoms with Crippen molar-refractivity contribution in [3.8, 4) is 0 Å². The fraction of sp³-hybridized carbons (Fsp3) is 0.375. The van der Waals surface area contributed by atoms with Crippen LogP contribution in [0.3, 0.4) is 0 Å². The number of nitrogens with zero attached hydrogens (tertiary/aromatic N) is 1. The number of hydrogen-bond donors (Lipinski definition) is 1. The molecule has 3 heteroatoms. The van der Waals surface area contributed by atoms with Crippen LogP contribution in [0.4, 0.5) is 5.82 Å². The van der Waals surface area contributed by atoms with E-state index < -0.39 is 18.7 Å². The Bertz CT molecular complexity index is 215. The Kier molecular flexibility index (Phi) is 2.76. The Hall–Kier alpha value is -0.251. The second kappa shape index (κ2) is 3.43. The van der Waals surface area contributed by atoms with E-state index in [9.17, 15) is 0 Å². The number of nitrogens with one attached hydrogen (secondary N) is 1. The van der Waals surface area contributed by atoms with Crippen molar-refractivity contribution in [2.45, 2.75) is 14.8 Å². The molecular weight excluding hydrogens is 243 g/mol. The number of hydrogen-bond acceptors (Lipinski definition) is 2. The van der Waals surface area contributed by atoms with E-state index in [0.717, 1.165) is 5.82 Å². The molecular formula is C8H14N2Sn. The molecule has 2 nitrogen and oxygen atoms in total. The Balaban J connectivity index is 2.66. The van der Waals surface area contributed by atoms with E-state index >= 15 is 0 Å². The van der Waals surface area contributed by atoms with Crippen LogP contribution in [0.5, 0.6) is 0 Å². The van der Waals surface area contributed by atoms with Crippen LogP contribution in [-0.4, -0.2) is 23.6 Å². The standard InChI is InChI=1S/C5H5N2.3CH3.Sn/c6-5-3-1-2-4-7-5;;;;/h1-4H,(H-,6,7);3*1H3;/q-1;;;;+1. The minimum absolute atomic E-state index is 1.02. The second-order valence-corrected chi connectivity index (χ2v) is 17.1. The number of aromatic nitrogens is 1. The van der Waals surface area contributed by atoms with Gasteiger partial charge in [-0.1, -0.05) is 0 Å². The van der Waals surface area contributed by atoms with Crippen LogP contribution in [0.25, 0.3) is 0 Å². The Morgan fingerprint density at radius 2 is 2.00 bits per heavy atom. The molecule has 0 aliphatic rings. The van der Waals surface area contributed by atoms with Gasteiger partial charge in [0, 0.05) is 0 Å². The van der Waals surface area contributed by atoms with Crippen LogP contribution < -0.4 is 3.54 Å². The molecule has 0 bridgehead atoms. The van der Waals surface area contributed by atoms with Gasteiger partial charge in [-0.05, 0) is 0 Å². The summed E-state index contributed by atoms with van der Waals surface area (Å²) in [5.41, 5.74) is 0. The van der Waals surface area contributed by atoms with Crippen LogP contribution in [0, 0.1) is 0 Å². The van der Waals surface area contributed by atoms with Gasteiger partial charge in [0.2, 0.25) is 0 Å². The molecule has 0 spiro atoms. The van der Waals surface area contributed by atoms with Gasteiger partial charge in [-0.25, -0.2) is 0 Å². The van der Waals surface area contributed by atoms with Crippen molar-refractivity contribution in [3.05, 3.63) is 24.4 Å². The molecule has 0 aliphatic heterocycles. The molecule has 0 unspecified atom stereocenters. The number of rotatable bonds is 2. The first kappa shape index (κ1) is 8.84. The topological polar surface area (TPSA) is 24.9 Å². The fourth-order valence-electron chi connectivity index (χ4n) is 0.821. The van der Waals surface area contributed by atoms with Crippen molar-refractivity contribution in [3.63, 3.8) is 0 Å². The third kappa shape index (κ3) is 3.60. The molecule has 0 radical (unpaired) electrons. The van der Waals surface area contributed by atoms with Crippen molar-refractivity contribution in [1.82, 2.24) is 4.98 Å². The second-order valence-electron chi connectivity index (χ2n) is 3.59. The van der Waals surface area contributed by atoms with Crippen molar-refractivity contribution in [2.24, 2.45) is 0 Å². The molecule has 1 heterocycles. The third-order valence-electron chi connectivity index (χ3n) is 1.17. The van der Waals surface area contributed by atoms with Gasteiger partial charge in [0.05, 0.1) is 0 Å². The van der Waals surface area contributed by atoms with Crippen LogP contribution in [0.15, 0.2) is 24.4 Å². The maximum atomic E-state index is 4.21. The van der Waals surface area contributed by atoms with Crippen molar-refractivity contribution >= 4 is 24.5 Å². The van der Waals surface area contributed by atoms with E-state index in [1.165, 1.54) is 0 Å². The third-order valence-corrected chi connectivity index (χ3v) is 4.04. The van der Waals surface area contributed by atoms with E-state index in [1.807, 2.05) is 24.4 Å². The number of pyridine rings is 1. The molecule has 0 fully saturated rings. The van der Waals surface area contributed by atoms with Gasteiger partial charge in [-0.3, -0.25) is 0 Å². The molecule has 0 aliphatic carbocycles. The predicted molar refractivity (Wildman–Crippen MR) is 51.2 cm³/mol. The monoisotopic (exact) mass is 258 g/mol. The van der Waals surface area contributed by atoms with E-state index in [-0.39, 0.29) is 0 Å². The van der Waals surface area contributed by atoms with Gasteiger partial charge >= 0.3 is 72.2 Å². The quantitative estimate of drug-likeness (QED) is 0.822. The molecule has 1 aromatic rings. The molecule has 60 valence electrons. The van der Waals surface area contributed by atoms with Gasteiger partial charge < -0.3 is 0 Å². The average Bonchev–Trinajstić information content (AvgIpc) is 1.85. The van der Waals surface area contributed by atoms with Gasteiger partial charge in [0.1, 0.15) is 0 Å². The normalized spacial score (nSPS) is 11.2. The van der Waals surface area contributed by atoms with Gasteiger partial charge in [-0.15, -0.1) is 0 Å². The zero-order valence-electron chi connectivity index (χ0n) is 7.26. The summed E-state index contributed by atoms with van der Waals surface area (Å²) in [6.07, 6.45) is 1.82. The summed E-state index contributed by atoms with van der Waals surface area (Å²) in [6, 6.07) is 5.96. The summed E-state index contributed by atoms with van der Waals surface area (Å²) in [4.78, 5) is 11.2. The molecule has 1 rings (SSSR count). The zero-order chi connectivity index (χ0) is 8.32. The molecule has 11 heavy (non-hydrogen) atoms. The summed E-state index contributed by atoms with van der Waals surface area (Å²) < 4.78 is 3.48. The van der Waals surface area contributed by atoms with E-state index in [0.29, 0.717) is 0 Å². The van der Waals surface area contributed by atoms with Gasteiger partial charge in [0.25, 0.3) is 0 Å². The summed E-state index contributed by atoms with van der Waals surface area (Å²) in [7, 11) is 0. The first-order chi connectivity index (χ1) is 5.08. The van der Waals surface area contributed by atoms with Gasteiger partial charge in [-0.2, -0.15) is 0 Å². The fourth-order valence-corrected chi connectivity index (χ4v) is 3.44. The van der Waals surface area contributed by atoms with Crippen molar-refractivity contribution < 1.29 is 0 Å². The average molecular weight is 257 g/mol. The van der Waals surface area contributed by atoms with Gasteiger partial charge in [0.15, 0.2) is 0 Å². The molecule has 0 saturated heterocycles. The molecule has 1 N–H and O–H groups in total. The summed E-state index contributed by atoms with van der Waals surface area (Å²) in [5, 5.41) is 0. The Labute approximate surface area is 72.3 Å². The molecule has 0 aromatic carbocycles. The predicted octanol–water partition coefficient (Wildman–Crippen LogP) is 2.33. The number of anilines is 1. The first-order valence-electron chi connectivity index (χ1n) is 3.77. The SMILES string of the molecule is [CH3][Sn]([CH3])([CH3])[NH]c1ccccn1. The van der Waals surface area contributed by atoms with Crippen LogP contribution in [0.2, 0.25) is 14.8 Å². The minimum atomic E-state index is -1.88. The summed E-state index contributed by atoms with van der Waals surface area (Å²) in [6.45, 7) is 0. The van der Waals surface area contributed by atoms with Crippen LogP contribution >= 0.6 is 0 Å². The van der Waals surface area contributed by atoms with E-state index in [1.54, 1.807) is 0 Å². The van der Waals surface area contributed by atoms with Crippen LogP contribution in [-0.2, 0) is 0 Å².